The van der Waals surface area contributed by atoms with Crippen LogP contribution in [0.2, 0.25) is 0 Å². The first-order valence-electron chi connectivity index (χ1n) is 11.0. The van der Waals surface area contributed by atoms with Crippen LogP contribution in [0.3, 0.4) is 0 Å². The molecule has 2 aliphatic rings. The summed E-state index contributed by atoms with van der Waals surface area (Å²) in [6.45, 7) is 4.22. The number of carbonyl (C=O) groups excluding carboxylic acids is 3. The number of nitrogens with zero attached hydrogens (tertiary/aromatic N) is 4. The maximum Gasteiger partial charge on any atom is 0.260 e. The highest BCUT2D eigenvalue weighted by Gasteiger charge is 2.31. The zero-order chi connectivity index (χ0) is 22.8. The van der Waals surface area contributed by atoms with Crippen LogP contribution < -0.4 is 9.80 Å². The quantitative estimate of drug-likeness (QED) is 0.522. The topological polar surface area (TPSA) is 83.1 Å². The Hall–Kier alpha value is -3.14. The third-order valence-electron chi connectivity index (χ3n) is 5.91. The lowest BCUT2D eigenvalue weighted by Gasteiger charge is -2.29. The summed E-state index contributed by atoms with van der Waals surface area (Å²) in [5.74, 6) is -0.678. The third-order valence-corrected chi connectivity index (χ3v) is 6.96. The molecule has 3 aromatic rings. The van der Waals surface area contributed by atoms with Crippen LogP contribution in [0.15, 0.2) is 48.5 Å². The number of benzene rings is 2. The Morgan fingerprint density at radius 2 is 1.79 bits per heavy atom. The van der Waals surface area contributed by atoms with Crippen LogP contribution in [0, 0.1) is 0 Å². The Balaban J connectivity index is 1.45. The number of fused-ring (bicyclic) bond motifs is 1. The Morgan fingerprint density at radius 1 is 1.03 bits per heavy atom. The molecule has 0 saturated carbocycles. The number of aromatic nitrogens is 1. The molecular weight excluding hydrogens is 440 g/mol. The fourth-order valence-electron chi connectivity index (χ4n) is 4.12. The Morgan fingerprint density at radius 3 is 2.55 bits per heavy atom. The fourth-order valence-corrected chi connectivity index (χ4v) is 5.11. The maximum atomic E-state index is 13.7. The molecule has 8 nitrogen and oxygen atoms in total. The first-order valence-corrected chi connectivity index (χ1v) is 11.9. The molecule has 2 saturated heterocycles. The highest BCUT2D eigenvalue weighted by molar-refractivity contribution is 7.22. The maximum absolute atomic E-state index is 13.7. The van der Waals surface area contributed by atoms with Gasteiger partial charge in [-0.15, -0.1) is 0 Å². The van der Waals surface area contributed by atoms with Crippen molar-refractivity contribution in [3.63, 3.8) is 0 Å². The highest BCUT2D eigenvalue weighted by atomic mass is 32.1. The molecular formula is C24H24N4O4S. The summed E-state index contributed by atoms with van der Waals surface area (Å²) >= 11 is 1.48. The van der Waals surface area contributed by atoms with Crippen molar-refractivity contribution in [2.24, 2.45) is 0 Å². The van der Waals surface area contributed by atoms with Crippen LogP contribution in [0.4, 0.5) is 10.8 Å². The van der Waals surface area contributed by atoms with Gasteiger partial charge in [0.25, 0.3) is 5.91 Å². The minimum atomic E-state index is -0.236. The molecule has 0 atom stereocenters. The van der Waals surface area contributed by atoms with Crippen LogP contribution in [0.1, 0.15) is 23.2 Å². The van der Waals surface area contributed by atoms with Crippen LogP contribution in [-0.4, -0.2) is 67.0 Å². The standard InChI is InChI=1S/C24H24N4O4S/c29-21-8-9-22(30)28(21)18-5-3-4-17(16-18)23(31)27(11-10-26-12-14-32-15-13-26)24-25-19-6-1-2-7-20(19)33-24/h1-7,16H,8-15H2. The molecule has 2 fully saturated rings. The largest absolute Gasteiger partial charge is 0.379 e. The zero-order valence-corrected chi connectivity index (χ0v) is 18.9. The predicted octanol–water partition coefficient (Wildman–Crippen LogP) is 2.93. The van der Waals surface area contributed by atoms with Crippen molar-refractivity contribution < 1.29 is 19.1 Å². The smallest absolute Gasteiger partial charge is 0.260 e. The number of para-hydroxylation sites is 1. The van der Waals surface area contributed by atoms with Crippen LogP contribution in [0.25, 0.3) is 10.2 Å². The number of thiazole rings is 1. The number of hydrogen-bond donors (Lipinski definition) is 0. The first kappa shape index (κ1) is 21.7. The van der Waals surface area contributed by atoms with Gasteiger partial charge in [0.1, 0.15) is 0 Å². The zero-order valence-electron chi connectivity index (χ0n) is 18.1. The van der Waals surface area contributed by atoms with Crippen LogP contribution in [0.5, 0.6) is 0 Å². The fraction of sp³-hybridized carbons (Fsp3) is 0.333. The van der Waals surface area contributed by atoms with E-state index in [2.05, 4.69) is 4.90 Å². The molecule has 2 aliphatic heterocycles. The molecule has 0 spiro atoms. The normalized spacial score (nSPS) is 17.2. The monoisotopic (exact) mass is 464 g/mol. The summed E-state index contributed by atoms with van der Waals surface area (Å²) in [6.07, 6.45) is 0.406. The van der Waals surface area contributed by atoms with Crippen molar-refractivity contribution in [1.82, 2.24) is 9.88 Å². The van der Waals surface area contributed by atoms with Gasteiger partial charge < -0.3 is 4.74 Å². The number of imide groups is 1. The molecule has 0 bridgehead atoms. The summed E-state index contributed by atoms with van der Waals surface area (Å²) in [5.41, 5.74) is 1.70. The van der Waals surface area contributed by atoms with Gasteiger partial charge in [0.05, 0.1) is 29.1 Å². The Kier molecular flexibility index (Phi) is 6.17. The number of hydrogen-bond acceptors (Lipinski definition) is 7. The minimum absolute atomic E-state index is 0.203. The summed E-state index contributed by atoms with van der Waals surface area (Å²) in [5, 5.41) is 0.633. The molecule has 1 aromatic heterocycles. The number of rotatable bonds is 6. The molecule has 3 amide bonds. The second kappa shape index (κ2) is 9.38. The van der Waals surface area contributed by atoms with Gasteiger partial charge in [-0.05, 0) is 30.3 Å². The first-order chi connectivity index (χ1) is 16.1. The van der Waals surface area contributed by atoms with Gasteiger partial charge in [0, 0.05) is 44.6 Å². The summed E-state index contributed by atoms with van der Waals surface area (Å²) in [4.78, 5) is 47.9. The van der Waals surface area contributed by atoms with Crippen molar-refractivity contribution in [3.05, 3.63) is 54.1 Å². The molecule has 0 aliphatic carbocycles. The number of ether oxygens (including phenoxy) is 1. The van der Waals surface area contributed by atoms with E-state index in [0.717, 1.165) is 23.3 Å². The molecule has 0 N–H and O–H groups in total. The van der Waals surface area contributed by atoms with Crippen molar-refractivity contribution in [3.8, 4) is 0 Å². The summed E-state index contributed by atoms with van der Waals surface area (Å²) < 4.78 is 6.45. The molecule has 0 radical (unpaired) electrons. The van der Waals surface area contributed by atoms with E-state index in [4.69, 9.17) is 9.72 Å². The summed E-state index contributed by atoms with van der Waals surface area (Å²) in [7, 11) is 0. The molecule has 5 rings (SSSR count). The van der Waals surface area contributed by atoms with E-state index in [1.54, 1.807) is 29.2 Å². The van der Waals surface area contributed by atoms with Crippen LogP contribution >= 0.6 is 11.3 Å². The van der Waals surface area contributed by atoms with Crippen LogP contribution in [-0.2, 0) is 14.3 Å². The average Bonchev–Trinajstić information content (AvgIpc) is 3.42. The molecule has 0 unspecified atom stereocenters. The third kappa shape index (κ3) is 4.52. The van der Waals surface area contributed by atoms with Crippen molar-refractivity contribution in [2.45, 2.75) is 12.8 Å². The number of carbonyl (C=O) groups is 3. The lowest BCUT2D eigenvalue weighted by atomic mass is 10.1. The van der Waals surface area contributed by atoms with Crippen molar-refractivity contribution >= 4 is 50.1 Å². The van der Waals surface area contributed by atoms with Crippen molar-refractivity contribution in [1.29, 1.82) is 0 Å². The van der Waals surface area contributed by atoms with E-state index in [0.29, 0.717) is 42.7 Å². The van der Waals surface area contributed by atoms with Gasteiger partial charge in [0.2, 0.25) is 11.8 Å². The lowest BCUT2D eigenvalue weighted by Crippen LogP contribution is -2.43. The minimum Gasteiger partial charge on any atom is -0.379 e. The molecule has 33 heavy (non-hydrogen) atoms. The average molecular weight is 465 g/mol. The highest BCUT2D eigenvalue weighted by Crippen LogP contribution is 2.30. The van der Waals surface area contributed by atoms with E-state index >= 15 is 0 Å². The van der Waals surface area contributed by atoms with Crippen molar-refractivity contribution in [2.75, 3.05) is 49.2 Å². The van der Waals surface area contributed by atoms with Gasteiger partial charge in [-0.2, -0.15) is 0 Å². The van der Waals surface area contributed by atoms with Gasteiger partial charge >= 0.3 is 0 Å². The Labute approximate surface area is 195 Å². The second-order valence-electron chi connectivity index (χ2n) is 8.05. The van der Waals surface area contributed by atoms with Gasteiger partial charge in [-0.3, -0.25) is 29.1 Å². The second-order valence-corrected chi connectivity index (χ2v) is 9.06. The molecule has 170 valence electrons. The lowest BCUT2D eigenvalue weighted by molar-refractivity contribution is -0.121. The molecule has 2 aromatic carbocycles. The number of morpholine rings is 1. The van der Waals surface area contributed by atoms with Gasteiger partial charge in [-0.25, -0.2) is 4.98 Å². The van der Waals surface area contributed by atoms with E-state index in [1.807, 2.05) is 24.3 Å². The summed E-state index contributed by atoms with van der Waals surface area (Å²) in [6, 6.07) is 14.5. The van der Waals surface area contributed by atoms with E-state index < -0.39 is 0 Å². The molecule has 3 heterocycles. The van der Waals surface area contributed by atoms with Gasteiger partial charge in [-0.1, -0.05) is 29.5 Å². The van der Waals surface area contributed by atoms with E-state index in [9.17, 15) is 14.4 Å². The van der Waals surface area contributed by atoms with E-state index in [-0.39, 0.29) is 30.6 Å². The predicted molar refractivity (Wildman–Crippen MR) is 127 cm³/mol. The Bertz CT molecular complexity index is 1150. The number of anilines is 2. The molecule has 9 heteroatoms. The SMILES string of the molecule is O=C(c1cccc(N2C(=O)CCC2=O)c1)N(CCN1CCOCC1)c1nc2ccccc2s1. The van der Waals surface area contributed by atoms with E-state index in [1.165, 1.54) is 16.2 Å². The van der Waals surface area contributed by atoms with Gasteiger partial charge in [0.15, 0.2) is 5.13 Å². The number of amides is 3.